The van der Waals surface area contributed by atoms with Gasteiger partial charge in [-0.1, -0.05) is 212 Å². The van der Waals surface area contributed by atoms with Gasteiger partial charge < -0.3 is 4.57 Å². The molecule has 5 nitrogen and oxygen atoms in total. The van der Waals surface area contributed by atoms with Gasteiger partial charge in [0.1, 0.15) is 0 Å². The molecule has 0 spiro atoms. The SMILES string of the molecule is c1ccc(-c2ccc(-c3nc(-c4ccc(-c5ccccc5)cc4)nc(-n4c5ccccc5c5ccc6c7ccc8c9ccccc9n(-c9cccc(-c%10ccccc%10)c9)c8c7sc6c54)n3)cc2)cc1. The minimum atomic E-state index is 0.572. The molecule has 14 aromatic rings. The van der Waals surface area contributed by atoms with Crippen molar-refractivity contribution >= 4 is 75.1 Å². The van der Waals surface area contributed by atoms with Crippen LogP contribution in [0.3, 0.4) is 0 Å². The number of para-hydroxylation sites is 2. The highest BCUT2D eigenvalue weighted by Crippen LogP contribution is 2.47. The summed E-state index contributed by atoms with van der Waals surface area (Å²) >= 11 is 1.86. The van der Waals surface area contributed by atoms with E-state index in [4.69, 9.17) is 15.0 Å². The van der Waals surface area contributed by atoms with Crippen molar-refractivity contribution in [2.24, 2.45) is 0 Å². The molecule has 69 heavy (non-hydrogen) atoms. The van der Waals surface area contributed by atoms with E-state index in [-0.39, 0.29) is 0 Å². The number of hydrogen-bond acceptors (Lipinski definition) is 4. The Bertz CT molecular complexity index is 4170. The van der Waals surface area contributed by atoms with Crippen LogP contribution in [0.1, 0.15) is 0 Å². The molecule has 0 amide bonds. The van der Waals surface area contributed by atoms with Crippen molar-refractivity contribution in [3.05, 3.63) is 237 Å². The van der Waals surface area contributed by atoms with Gasteiger partial charge in [0, 0.05) is 49.1 Å². The van der Waals surface area contributed by atoms with Gasteiger partial charge in [-0.25, -0.2) is 4.98 Å². The van der Waals surface area contributed by atoms with Crippen molar-refractivity contribution in [3.8, 4) is 67.8 Å². The first-order valence-electron chi connectivity index (χ1n) is 23.3. The normalized spacial score (nSPS) is 11.8. The molecule has 0 aliphatic rings. The Morgan fingerprint density at radius 1 is 0.275 bits per heavy atom. The van der Waals surface area contributed by atoms with E-state index in [1.165, 1.54) is 53.1 Å². The van der Waals surface area contributed by atoms with Gasteiger partial charge in [-0.15, -0.1) is 11.3 Å². The first-order valence-corrected chi connectivity index (χ1v) is 24.1. The third kappa shape index (κ3) is 6.41. The van der Waals surface area contributed by atoms with E-state index in [9.17, 15) is 0 Å². The van der Waals surface area contributed by atoms with E-state index in [0.717, 1.165) is 60.9 Å². The fourth-order valence-electron chi connectivity index (χ4n) is 10.3. The molecule has 4 heterocycles. The van der Waals surface area contributed by atoms with Gasteiger partial charge in [0.15, 0.2) is 11.6 Å². The highest BCUT2D eigenvalue weighted by Gasteiger charge is 2.24. The highest BCUT2D eigenvalue weighted by atomic mass is 32.1. The molecule has 0 N–H and O–H groups in total. The van der Waals surface area contributed by atoms with Crippen molar-refractivity contribution in [2.45, 2.75) is 0 Å². The fourth-order valence-corrected chi connectivity index (χ4v) is 11.7. The Morgan fingerprint density at radius 2 is 0.667 bits per heavy atom. The maximum Gasteiger partial charge on any atom is 0.238 e. The first-order chi connectivity index (χ1) is 34.2. The van der Waals surface area contributed by atoms with Crippen LogP contribution in [0.5, 0.6) is 0 Å². The molecule has 0 aliphatic carbocycles. The fraction of sp³-hybridized carbons (Fsp3) is 0. The molecule has 0 saturated carbocycles. The Morgan fingerprint density at radius 3 is 1.19 bits per heavy atom. The molecular formula is C63H39N5S. The average molecular weight is 898 g/mol. The average Bonchev–Trinajstić information content (AvgIpc) is 4.10. The predicted octanol–water partition coefficient (Wildman–Crippen LogP) is 16.8. The quantitative estimate of drug-likeness (QED) is 0.160. The van der Waals surface area contributed by atoms with Crippen LogP contribution in [0.4, 0.5) is 0 Å². The highest BCUT2D eigenvalue weighted by molar-refractivity contribution is 7.27. The van der Waals surface area contributed by atoms with Crippen molar-refractivity contribution < 1.29 is 0 Å². The van der Waals surface area contributed by atoms with Crippen molar-refractivity contribution in [1.29, 1.82) is 0 Å². The van der Waals surface area contributed by atoms with Crippen LogP contribution >= 0.6 is 11.3 Å². The van der Waals surface area contributed by atoms with Crippen LogP contribution < -0.4 is 0 Å². The Labute approximate surface area is 401 Å². The number of nitrogens with zero attached hydrogens (tertiary/aromatic N) is 5. The third-order valence-corrected chi connectivity index (χ3v) is 14.8. The number of hydrogen-bond donors (Lipinski definition) is 0. The zero-order valence-corrected chi connectivity index (χ0v) is 38.0. The van der Waals surface area contributed by atoms with Crippen LogP contribution in [0.2, 0.25) is 0 Å². The second-order valence-corrected chi connectivity index (χ2v) is 18.6. The largest absolute Gasteiger partial charge is 0.308 e. The number of thiophene rings is 1. The molecule has 10 aromatic carbocycles. The van der Waals surface area contributed by atoms with Crippen LogP contribution in [0.25, 0.3) is 132 Å². The van der Waals surface area contributed by atoms with Gasteiger partial charge in [-0.05, 0) is 57.6 Å². The summed E-state index contributed by atoms with van der Waals surface area (Å²) in [7, 11) is 0. The topological polar surface area (TPSA) is 48.5 Å². The molecule has 0 unspecified atom stereocenters. The molecule has 0 bridgehead atoms. The van der Waals surface area contributed by atoms with E-state index < -0.39 is 0 Å². The minimum Gasteiger partial charge on any atom is -0.308 e. The minimum absolute atomic E-state index is 0.572. The monoisotopic (exact) mass is 897 g/mol. The Kier molecular flexibility index (Phi) is 9.00. The molecule has 6 heteroatoms. The zero-order chi connectivity index (χ0) is 45.4. The number of rotatable bonds is 7. The molecule has 0 saturated heterocycles. The summed E-state index contributed by atoms with van der Waals surface area (Å²) in [6.45, 7) is 0. The predicted molar refractivity (Wildman–Crippen MR) is 289 cm³/mol. The van der Waals surface area contributed by atoms with Crippen LogP contribution in [0, 0.1) is 0 Å². The first kappa shape index (κ1) is 39.2. The molecule has 0 fully saturated rings. The van der Waals surface area contributed by atoms with Crippen molar-refractivity contribution in [2.75, 3.05) is 0 Å². The van der Waals surface area contributed by atoms with Crippen molar-refractivity contribution in [1.82, 2.24) is 24.1 Å². The third-order valence-electron chi connectivity index (χ3n) is 13.6. The van der Waals surface area contributed by atoms with E-state index in [2.05, 4.69) is 234 Å². The molecular weight excluding hydrogens is 859 g/mol. The Hall–Kier alpha value is -8.97. The molecule has 0 aliphatic heterocycles. The summed E-state index contributed by atoms with van der Waals surface area (Å²) < 4.78 is 7.17. The lowest BCUT2D eigenvalue weighted by atomic mass is 10.0. The molecule has 4 aromatic heterocycles. The van der Waals surface area contributed by atoms with Gasteiger partial charge in [-0.3, -0.25) is 4.57 Å². The van der Waals surface area contributed by atoms with Gasteiger partial charge in [0.2, 0.25) is 5.95 Å². The summed E-state index contributed by atoms with van der Waals surface area (Å²) in [6.07, 6.45) is 0. The second kappa shape index (κ2) is 15.8. The summed E-state index contributed by atoms with van der Waals surface area (Å²) in [5.41, 5.74) is 14.4. The van der Waals surface area contributed by atoms with Gasteiger partial charge in [-0.2, -0.15) is 9.97 Å². The molecule has 0 atom stereocenters. The van der Waals surface area contributed by atoms with E-state index in [1.807, 2.05) is 23.5 Å². The number of fused-ring (bicyclic) bond motifs is 11. The maximum atomic E-state index is 5.41. The van der Waals surface area contributed by atoms with Gasteiger partial charge >= 0.3 is 0 Å². The van der Waals surface area contributed by atoms with E-state index in [0.29, 0.717) is 17.6 Å². The molecule has 0 radical (unpaired) electrons. The molecule has 322 valence electrons. The van der Waals surface area contributed by atoms with Gasteiger partial charge in [0.05, 0.1) is 31.5 Å². The lowest BCUT2D eigenvalue weighted by Crippen LogP contribution is -2.06. The number of benzene rings is 10. The zero-order valence-electron chi connectivity index (χ0n) is 37.2. The number of aromatic nitrogens is 5. The molecule has 14 rings (SSSR count). The Balaban J connectivity index is 1.02. The van der Waals surface area contributed by atoms with Crippen LogP contribution in [0.15, 0.2) is 237 Å². The summed E-state index contributed by atoms with van der Waals surface area (Å²) in [5, 5.41) is 7.18. The maximum absolute atomic E-state index is 5.41. The van der Waals surface area contributed by atoms with Crippen LogP contribution in [-0.4, -0.2) is 24.1 Å². The van der Waals surface area contributed by atoms with Crippen molar-refractivity contribution in [3.63, 3.8) is 0 Å². The van der Waals surface area contributed by atoms with Gasteiger partial charge in [0.25, 0.3) is 0 Å². The lowest BCUT2D eigenvalue weighted by Gasteiger charge is -2.12. The standard InChI is InChI=1S/C63H39N5S/c1-4-15-40(16-5-1)43-27-31-45(32-28-43)61-64-62(46-33-29-44(30-34-46)41-17-6-2-7-18-41)66-63(65-61)68-56-26-13-11-24-50(56)52-36-38-54-53-37-35-51-49-23-10-12-25-55(49)67(57(51)59(53)69-60(54)58(52)68)48-22-14-21-47(39-48)42-19-8-3-9-20-42/h1-39H. The van der Waals surface area contributed by atoms with E-state index >= 15 is 0 Å². The summed E-state index contributed by atoms with van der Waals surface area (Å²) in [6, 6.07) is 84.3. The lowest BCUT2D eigenvalue weighted by molar-refractivity contribution is 0.955. The smallest absolute Gasteiger partial charge is 0.238 e. The summed E-state index contributed by atoms with van der Waals surface area (Å²) in [5.74, 6) is 1.79. The summed E-state index contributed by atoms with van der Waals surface area (Å²) in [4.78, 5) is 16.0. The van der Waals surface area contributed by atoms with Crippen LogP contribution in [-0.2, 0) is 0 Å². The second-order valence-electron chi connectivity index (χ2n) is 17.6. The van der Waals surface area contributed by atoms with E-state index in [1.54, 1.807) is 0 Å².